The van der Waals surface area contributed by atoms with E-state index in [1.54, 1.807) is 18.3 Å². The monoisotopic (exact) mass is 560 g/mol. The van der Waals surface area contributed by atoms with Gasteiger partial charge in [0.25, 0.3) is 0 Å². The summed E-state index contributed by atoms with van der Waals surface area (Å²) in [6.07, 6.45) is 8.91. The summed E-state index contributed by atoms with van der Waals surface area (Å²) >= 11 is 18.4. The summed E-state index contributed by atoms with van der Waals surface area (Å²) in [5, 5.41) is 18.6. The number of benzene rings is 1. The van der Waals surface area contributed by atoms with Crippen molar-refractivity contribution in [2.24, 2.45) is 0 Å². The van der Waals surface area contributed by atoms with Crippen LogP contribution >= 0.6 is 34.8 Å². The van der Waals surface area contributed by atoms with Crippen molar-refractivity contribution in [3.05, 3.63) is 69.1 Å². The summed E-state index contributed by atoms with van der Waals surface area (Å²) in [6, 6.07) is 9.60. The lowest BCUT2D eigenvalue weighted by Gasteiger charge is -2.33. The number of nitrogens with one attached hydrogen (secondary N) is 2. The van der Waals surface area contributed by atoms with E-state index in [-0.39, 0.29) is 12.1 Å². The quantitative estimate of drug-likeness (QED) is 0.278. The fourth-order valence-corrected chi connectivity index (χ4v) is 6.00. The average Bonchev–Trinajstić information content (AvgIpc) is 2.86. The van der Waals surface area contributed by atoms with Crippen LogP contribution in [0.3, 0.4) is 0 Å². The maximum Gasteiger partial charge on any atom is 0.229 e. The summed E-state index contributed by atoms with van der Waals surface area (Å²) in [6.45, 7) is 2.77. The Morgan fingerprint density at radius 3 is 2.35 bits per heavy atom. The first kappa shape index (κ1) is 26.4. The smallest absolute Gasteiger partial charge is 0.229 e. The summed E-state index contributed by atoms with van der Waals surface area (Å²) in [5.41, 5.74) is 3.07. The first-order valence-electron chi connectivity index (χ1n) is 12.8. The molecule has 1 saturated carbocycles. The van der Waals surface area contributed by atoms with E-state index in [9.17, 15) is 5.11 Å². The molecule has 2 aliphatic rings. The van der Waals surface area contributed by atoms with E-state index in [0.29, 0.717) is 27.1 Å². The van der Waals surface area contributed by atoms with Gasteiger partial charge >= 0.3 is 0 Å². The number of hydrogen-bond donors (Lipinski definition) is 3. The predicted octanol–water partition coefficient (Wildman–Crippen LogP) is 6.67. The van der Waals surface area contributed by atoms with Gasteiger partial charge in [0.1, 0.15) is 11.0 Å². The zero-order chi connectivity index (χ0) is 25.8. The topological polar surface area (TPSA) is 86.2 Å². The lowest BCUT2D eigenvalue weighted by atomic mass is 9.89. The minimum atomic E-state index is -0.199. The zero-order valence-electron chi connectivity index (χ0n) is 20.5. The molecule has 3 N–H and O–H groups in total. The number of anilines is 3. The van der Waals surface area contributed by atoms with Crippen LogP contribution in [0.25, 0.3) is 0 Å². The van der Waals surface area contributed by atoms with E-state index >= 15 is 0 Å². The Hall–Kier alpha value is -2.16. The van der Waals surface area contributed by atoms with Crippen molar-refractivity contribution in [3.8, 4) is 0 Å². The van der Waals surface area contributed by atoms with E-state index in [1.165, 1.54) is 0 Å². The highest BCUT2D eigenvalue weighted by molar-refractivity contribution is 6.34. The molecule has 2 fully saturated rings. The SMILES string of the molecule is OC1CCC(Nc2nc(Nc3ccnc(Cl)c3)ncc2C2CCN(Cc3cc(Cl)cc(Cl)c3)CC2)CC1. The van der Waals surface area contributed by atoms with Gasteiger partial charge in [0.05, 0.1) is 6.10 Å². The van der Waals surface area contributed by atoms with Crippen molar-refractivity contribution < 1.29 is 5.11 Å². The number of aliphatic hydroxyl groups is 1. The van der Waals surface area contributed by atoms with Crippen molar-refractivity contribution in [1.82, 2.24) is 19.9 Å². The molecule has 0 spiro atoms. The molecule has 0 unspecified atom stereocenters. The molecule has 37 heavy (non-hydrogen) atoms. The number of likely N-dealkylation sites (tertiary alicyclic amines) is 1. The van der Waals surface area contributed by atoms with Crippen LogP contribution in [0.15, 0.2) is 42.7 Å². The number of nitrogens with zero attached hydrogens (tertiary/aromatic N) is 4. The van der Waals surface area contributed by atoms with Gasteiger partial charge in [-0.15, -0.1) is 0 Å². The molecular formula is C27H31Cl3N6O. The molecule has 2 aromatic heterocycles. The minimum Gasteiger partial charge on any atom is -0.393 e. The number of pyridine rings is 1. The molecule has 0 atom stereocenters. The van der Waals surface area contributed by atoms with Gasteiger partial charge in [-0.3, -0.25) is 4.90 Å². The lowest BCUT2D eigenvalue weighted by Crippen LogP contribution is -2.33. The van der Waals surface area contributed by atoms with E-state index < -0.39 is 0 Å². The van der Waals surface area contributed by atoms with Crippen LogP contribution in [-0.2, 0) is 6.54 Å². The van der Waals surface area contributed by atoms with Gasteiger partial charge in [-0.25, -0.2) is 9.97 Å². The molecule has 196 valence electrons. The van der Waals surface area contributed by atoms with Crippen LogP contribution in [0.1, 0.15) is 55.6 Å². The highest BCUT2D eigenvalue weighted by atomic mass is 35.5. The number of hydrogen-bond acceptors (Lipinski definition) is 7. The molecule has 7 nitrogen and oxygen atoms in total. The van der Waals surface area contributed by atoms with Crippen molar-refractivity contribution >= 4 is 52.3 Å². The highest BCUT2D eigenvalue weighted by Gasteiger charge is 2.26. The standard InChI is InChI=1S/C27H31Cl3N6O/c28-19-11-17(12-20(29)13-19)16-36-9-6-18(7-10-36)24-15-32-27(34-22-5-8-31-25(30)14-22)35-26(24)33-21-1-3-23(37)4-2-21/h5,8,11-15,18,21,23,37H,1-4,6-7,9-10,16H2,(H2,31,32,33,34,35). The third-order valence-corrected chi connectivity index (χ3v) is 7.84. The van der Waals surface area contributed by atoms with E-state index in [0.717, 1.165) is 80.8 Å². The zero-order valence-corrected chi connectivity index (χ0v) is 22.8. The second-order valence-electron chi connectivity index (χ2n) is 9.97. The normalized spacial score (nSPS) is 21.1. The lowest BCUT2D eigenvalue weighted by molar-refractivity contribution is 0.126. The molecule has 0 bridgehead atoms. The van der Waals surface area contributed by atoms with Crippen LogP contribution in [0.4, 0.5) is 17.5 Å². The first-order chi connectivity index (χ1) is 17.9. The van der Waals surface area contributed by atoms with Crippen LogP contribution in [0.2, 0.25) is 15.2 Å². The molecule has 0 amide bonds. The van der Waals surface area contributed by atoms with E-state index in [4.69, 9.17) is 39.8 Å². The molecular weight excluding hydrogens is 531 g/mol. The maximum atomic E-state index is 9.94. The van der Waals surface area contributed by atoms with E-state index in [1.807, 2.05) is 24.4 Å². The molecule has 10 heteroatoms. The Kier molecular flexibility index (Phi) is 8.67. The van der Waals surface area contributed by atoms with Crippen LogP contribution < -0.4 is 10.6 Å². The van der Waals surface area contributed by atoms with Crippen LogP contribution in [-0.4, -0.2) is 50.2 Å². The van der Waals surface area contributed by atoms with E-state index in [2.05, 4.69) is 25.5 Å². The Labute approximate surface area is 232 Å². The van der Waals surface area contributed by atoms with Gasteiger partial charge in [-0.1, -0.05) is 34.8 Å². The summed E-state index contributed by atoms with van der Waals surface area (Å²) < 4.78 is 0. The Morgan fingerprint density at radius 1 is 0.919 bits per heavy atom. The second-order valence-corrected chi connectivity index (χ2v) is 11.2. The van der Waals surface area contributed by atoms with Crippen molar-refractivity contribution in [2.45, 2.75) is 63.1 Å². The number of aliphatic hydroxyl groups excluding tert-OH is 1. The van der Waals surface area contributed by atoms with Gasteiger partial charge in [-0.05, 0) is 93.4 Å². The summed E-state index contributed by atoms with van der Waals surface area (Å²) in [5.74, 6) is 1.75. The van der Waals surface area contributed by atoms with Gasteiger partial charge in [0.2, 0.25) is 5.95 Å². The average molecular weight is 562 g/mol. The van der Waals surface area contributed by atoms with Crippen LogP contribution in [0.5, 0.6) is 0 Å². The van der Waals surface area contributed by atoms with Gasteiger partial charge in [-0.2, -0.15) is 4.98 Å². The Bertz CT molecular complexity index is 1190. The second kappa shape index (κ2) is 12.1. The number of halogens is 3. The fraction of sp³-hybridized carbons (Fsp3) is 0.444. The Morgan fingerprint density at radius 2 is 1.65 bits per heavy atom. The summed E-state index contributed by atoms with van der Waals surface area (Å²) in [7, 11) is 0. The van der Waals surface area contributed by atoms with Crippen molar-refractivity contribution in [1.29, 1.82) is 0 Å². The van der Waals surface area contributed by atoms with Crippen LogP contribution in [0, 0.1) is 0 Å². The van der Waals surface area contributed by atoms with Gasteiger partial charge < -0.3 is 15.7 Å². The molecule has 3 heterocycles. The third kappa shape index (κ3) is 7.24. The molecule has 0 radical (unpaired) electrons. The maximum absolute atomic E-state index is 9.94. The first-order valence-corrected chi connectivity index (χ1v) is 13.9. The number of rotatable bonds is 7. The minimum absolute atomic E-state index is 0.199. The molecule has 1 aromatic carbocycles. The summed E-state index contributed by atoms with van der Waals surface area (Å²) in [4.78, 5) is 16.0. The highest BCUT2D eigenvalue weighted by Crippen LogP contribution is 2.35. The van der Waals surface area contributed by atoms with Crippen molar-refractivity contribution in [3.63, 3.8) is 0 Å². The molecule has 1 aliphatic carbocycles. The fourth-order valence-electron chi connectivity index (χ4n) is 5.25. The number of aromatic nitrogens is 3. The molecule has 1 aliphatic heterocycles. The molecule has 1 saturated heterocycles. The molecule has 5 rings (SSSR count). The number of piperidine rings is 1. The molecule has 3 aromatic rings. The van der Waals surface area contributed by atoms with Gasteiger partial charge in [0.15, 0.2) is 0 Å². The Balaban J connectivity index is 1.30. The van der Waals surface area contributed by atoms with Gasteiger partial charge in [0, 0.05) is 46.3 Å². The largest absolute Gasteiger partial charge is 0.393 e. The predicted molar refractivity (Wildman–Crippen MR) is 150 cm³/mol. The van der Waals surface area contributed by atoms with Crippen molar-refractivity contribution in [2.75, 3.05) is 23.7 Å². The third-order valence-electron chi connectivity index (χ3n) is 7.19.